The van der Waals surface area contributed by atoms with Crippen molar-refractivity contribution in [1.82, 2.24) is 4.72 Å². The van der Waals surface area contributed by atoms with Gasteiger partial charge >= 0.3 is 0 Å². The number of halogens is 3. The molecule has 1 aromatic carbocycles. The molecule has 0 heterocycles. The van der Waals surface area contributed by atoms with E-state index in [2.05, 4.69) is 0 Å². The summed E-state index contributed by atoms with van der Waals surface area (Å²) < 4.78 is 50.6. The van der Waals surface area contributed by atoms with E-state index in [-0.39, 0.29) is 9.92 Å². The smallest absolute Gasteiger partial charge is 0.264 e. The summed E-state index contributed by atoms with van der Waals surface area (Å²) in [6.07, 6.45) is -0.622. The SMILES string of the molecule is Cc1ccc(S(=O)(=O)NC(=O)C2CC2(F)F)cc1Cl. The van der Waals surface area contributed by atoms with Crippen molar-refractivity contribution >= 4 is 27.5 Å². The van der Waals surface area contributed by atoms with Gasteiger partial charge in [0.05, 0.1) is 4.90 Å². The highest BCUT2D eigenvalue weighted by atomic mass is 35.5. The molecule has 19 heavy (non-hydrogen) atoms. The molecule has 1 aliphatic rings. The van der Waals surface area contributed by atoms with Crippen molar-refractivity contribution in [3.8, 4) is 0 Å². The van der Waals surface area contributed by atoms with E-state index in [4.69, 9.17) is 11.6 Å². The van der Waals surface area contributed by atoms with Crippen molar-refractivity contribution < 1.29 is 22.0 Å². The van der Waals surface area contributed by atoms with Gasteiger partial charge in [0.25, 0.3) is 15.9 Å². The summed E-state index contributed by atoms with van der Waals surface area (Å²) in [7, 11) is -4.17. The second-order valence-corrected chi connectivity index (χ2v) is 6.49. The standard InChI is InChI=1S/C11H10ClF2NO3S/c1-6-2-3-7(4-9(6)12)19(17,18)15-10(16)8-5-11(8,13)14/h2-4,8H,5H2,1H3,(H,15,16). The van der Waals surface area contributed by atoms with Crippen LogP contribution in [0, 0.1) is 12.8 Å². The Balaban J connectivity index is 2.19. The molecule has 0 aromatic heterocycles. The maximum Gasteiger partial charge on any atom is 0.264 e. The number of hydrogen-bond donors (Lipinski definition) is 1. The molecule has 4 nitrogen and oxygen atoms in total. The third kappa shape index (κ3) is 2.87. The van der Waals surface area contributed by atoms with Gasteiger partial charge in [-0.1, -0.05) is 17.7 Å². The Morgan fingerprint density at radius 3 is 2.53 bits per heavy atom. The number of carbonyl (C=O) groups excluding carboxylic acids is 1. The van der Waals surface area contributed by atoms with Crippen LogP contribution in [0.1, 0.15) is 12.0 Å². The summed E-state index contributed by atoms with van der Waals surface area (Å²) in [5.74, 6) is -5.87. The second-order valence-electron chi connectivity index (χ2n) is 4.40. The highest BCUT2D eigenvalue weighted by Crippen LogP contribution is 2.48. The highest BCUT2D eigenvalue weighted by Gasteiger charge is 2.61. The van der Waals surface area contributed by atoms with Crippen molar-refractivity contribution in [2.75, 3.05) is 0 Å². The van der Waals surface area contributed by atoms with E-state index < -0.39 is 34.2 Å². The summed E-state index contributed by atoms with van der Waals surface area (Å²) in [4.78, 5) is 11.1. The lowest BCUT2D eigenvalue weighted by atomic mass is 10.2. The molecule has 0 spiro atoms. The fraction of sp³-hybridized carbons (Fsp3) is 0.364. The van der Waals surface area contributed by atoms with Crippen LogP contribution in [0.5, 0.6) is 0 Å². The Labute approximate surface area is 113 Å². The third-order valence-electron chi connectivity index (χ3n) is 2.83. The zero-order valence-electron chi connectivity index (χ0n) is 9.78. The Hall–Kier alpha value is -1.21. The number of aryl methyl sites for hydroxylation is 1. The van der Waals surface area contributed by atoms with E-state index >= 15 is 0 Å². The predicted octanol–water partition coefficient (Wildman–Crippen LogP) is 2.11. The molecule has 0 radical (unpaired) electrons. The largest absolute Gasteiger partial charge is 0.273 e. The van der Waals surface area contributed by atoms with E-state index in [0.717, 1.165) is 6.07 Å². The topological polar surface area (TPSA) is 63.2 Å². The van der Waals surface area contributed by atoms with Gasteiger partial charge in [0, 0.05) is 11.4 Å². The minimum absolute atomic E-state index is 0.215. The van der Waals surface area contributed by atoms with Crippen molar-refractivity contribution in [3.63, 3.8) is 0 Å². The lowest BCUT2D eigenvalue weighted by Gasteiger charge is -2.07. The van der Waals surface area contributed by atoms with Crippen LogP contribution in [-0.4, -0.2) is 20.2 Å². The molecule has 8 heteroatoms. The number of sulfonamides is 1. The van der Waals surface area contributed by atoms with Gasteiger partial charge in [-0.15, -0.1) is 0 Å². The lowest BCUT2D eigenvalue weighted by Crippen LogP contribution is -2.33. The van der Waals surface area contributed by atoms with Crippen LogP contribution in [0.15, 0.2) is 23.1 Å². The van der Waals surface area contributed by atoms with Gasteiger partial charge in [0.1, 0.15) is 5.92 Å². The fourth-order valence-electron chi connectivity index (χ4n) is 1.50. The second kappa shape index (κ2) is 4.42. The van der Waals surface area contributed by atoms with Gasteiger partial charge < -0.3 is 0 Å². The molecule has 0 saturated heterocycles. The molecular formula is C11H10ClF2NO3S. The average Bonchev–Trinajstić information content (AvgIpc) is 2.91. The summed E-state index contributed by atoms with van der Waals surface area (Å²) >= 11 is 5.78. The van der Waals surface area contributed by atoms with Crippen molar-refractivity contribution in [1.29, 1.82) is 0 Å². The zero-order valence-corrected chi connectivity index (χ0v) is 11.4. The molecule has 1 saturated carbocycles. The molecule has 1 atom stereocenters. The molecule has 1 fully saturated rings. The maximum absolute atomic E-state index is 12.7. The molecule has 1 aliphatic carbocycles. The van der Waals surface area contributed by atoms with Crippen LogP contribution in [-0.2, 0) is 14.8 Å². The third-order valence-corrected chi connectivity index (χ3v) is 4.58. The first-order chi connectivity index (χ1) is 8.63. The normalized spacial score (nSPS) is 20.9. The van der Waals surface area contributed by atoms with Crippen LogP contribution in [0.25, 0.3) is 0 Å². The van der Waals surface area contributed by atoms with Crippen molar-refractivity contribution in [3.05, 3.63) is 28.8 Å². The summed E-state index contributed by atoms with van der Waals surface area (Å²) in [6.45, 7) is 1.68. The summed E-state index contributed by atoms with van der Waals surface area (Å²) in [5.41, 5.74) is 0.667. The van der Waals surface area contributed by atoms with E-state index in [1.807, 2.05) is 0 Å². The van der Waals surface area contributed by atoms with Gasteiger partial charge in [-0.05, 0) is 24.6 Å². The number of alkyl halides is 2. The quantitative estimate of drug-likeness (QED) is 0.930. The van der Waals surface area contributed by atoms with Crippen LogP contribution >= 0.6 is 11.6 Å². The van der Waals surface area contributed by atoms with E-state index in [0.29, 0.717) is 5.56 Å². The molecule has 1 aromatic rings. The number of nitrogens with one attached hydrogen (secondary N) is 1. The lowest BCUT2D eigenvalue weighted by molar-refractivity contribution is -0.122. The van der Waals surface area contributed by atoms with Crippen LogP contribution in [0.3, 0.4) is 0 Å². The van der Waals surface area contributed by atoms with E-state index in [9.17, 15) is 22.0 Å². The Morgan fingerprint density at radius 2 is 2.05 bits per heavy atom. The first-order valence-corrected chi connectivity index (χ1v) is 7.20. The van der Waals surface area contributed by atoms with Crippen LogP contribution in [0.4, 0.5) is 8.78 Å². The minimum Gasteiger partial charge on any atom is -0.273 e. The number of hydrogen-bond acceptors (Lipinski definition) is 3. The molecule has 0 aliphatic heterocycles. The van der Waals surface area contributed by atoms with Gasteiger partial charge in [-0.2, -0.15) is 0 Å². The number of benzene rings is 1. The Morgan fingerprint density at radius 1 is 1.47 bits per heavy atom. The molecule has 1 amide bonds. The van der Waals surface area contributed by atoms with Crippen LogP contribution < -0.4 is 4.72 Å². The maximum atomic E-state index is 12.7. The summed E-state index contributed by atoms with van der Waals surface area (Å²) in [5, 5.41) is 0.215. The minimum atomic E-state index is -4.17. The average molecular weight is 310 g/mol. The molecule has 2 rings (SSSR count). The number of carbonyl (C=O) groups is 1. The van der Waals surface area contributed by atoms with Gasteiger partial charge in [-0.3, -0.25) is 4.79 Å². The first kappa shape index (κ1) is 14.2. The van der Waals surface area contributed by atoms with Gasteiger partial charge in [0.2, 0.25) is 5.91 Å². The monoisotopic (exact) mass is 309 g/mol. The van der Waals surface area contributed by atoms with Crippen molar-refractivity contribution in [2.24, 2.45) is 5.92 Å². The molecule has 1 N–H and O–H groups in total. The first-order valence-electron chi connectivity index (χ1n) is 5.34. The highest BCUT2D eigenvalue weighted by molar-refractivity contribution is 7.90. The van der Waals surface area contributed by atoms with E-state index in [1.165, 1.54) is 12.1 Å². The summed E-state index contributed by atoms with van der Waals surface area (Å²) in [6, 6.07) is 3.88. The zero-order chi connectivity index (χ0) is 14.4. The van der Waals surface area contributed by atoms with Crippen LogP contribution in [0.2, 0.25) is 5.02 Å². The van der Waals surface area contributed by atoms with E-state index in [1.54, 1.807) is 11.6 Å². The molecule has 1 unspecified atom stereocenters. The Kier molecular flexibility index (Phi) is 3.30. The van der Waals surface area contributed by atoms with Gasteiger partial charge in [-0.25, -0.2) is 21.9 Å². The Bertz CT molecular complexity index is 645. The predicted molar refractivity (Wildman–Crippen MR) is 64.6 cm³/mol. The molecular weight excluding hydrogens is 300 g/mol. The molecule has 0 bridgehead atoms. The number of rotatable bonds is 3. The van der Waals surface area contributed by atoms with Gasteiger partial charge in [0.15, 0.2) is 0 Å². The van der Waals surface area contributed by atoms with Crippen molar-refractivity contribution in [2.45, 2.75) is 24.2 Å². The number of amides is 1. The molecule has 104 valence electrons. The fourth-order valence-corrected chi connectivity index (χ4v) is 2.79.